The number of halogens is 1. The first-order chi connectivity index (χ1) is 9.41. The molecule has 0 unspecified atom stereocenters. The molecule has 0 bridgehead atoms. The second kappa shape index (κ2) is 6.01. The van der Waals surface area contributed by atoms with E-state index in [1.54, 1.807) is 12.1 Å². The number of alkyl halides is 1. The molecule has 2 rings (SSSR count). The SMILES string of the molecule is COc1ccccc1CC(=O)N[C@@H]1CS(=O)(=O)C[C@@H]1Cl. The van der Waals surface area contributed by atoms with E-state index in [0.29, 0.717) is 5.75 Å². The van der Waals surface area contributed by atoms with Crippen molar-refractivity contribution < 1.29 is 17.9 Å². The van der Waals surface area contributed by atoms with Gasteiger partial charge in [-0.1, -0.05) is 18.2 Å². The Bertz CT molecular complexity index is 602. The maximum atomic E-state index is 12.0. The molecule has 0 aromatic heterocycles. The summed E-state index contributed by atoms with van der Waals surface area (Å²) >= 11 is 5.95. The molecule has 0 radical (unpaired) electrons. The average molecular weight is 318 g/mol. The third-order valence-corrected chi connectivity index (χ3v) is 5.55. The topological polar surface area (TPSA) is 72.5 Å². The van der Waals surface area contributed by atoms with Gasteiger partial charge >= 0.3 is 0 Å². The Balaban J connectivity index is 2.00. The van der Waals surface area contributed by atoms with E-state index >= 15 is 0 Å². The molecule has 2 atom stereocenters. The Hall–Kier alpha value is -1.27. The Kier molecular flexibility index (Phi) is 4.55. The van der Waals surface area contributed by atoms with Crippen LogP contribution in [0.2, 0.25) is 0 Å². The number of rotatable bonds is 4. The smallest absolute Gasteiger partial charge is 0.224 e. The number of hydrogen-bond acceptors (Lipinski definition) is 4. The zero-order valence-corrected chi connectivity index (χ0v) is 12.6. The predicted octanol–water partition coefficient (Wildman–Crippen LogP) is 0.758. The third kappa shape index (κ3) is 3.64. The van der Waals surface area contributed by atoms with Crippen LogP contribution in [0.25, 0.3) is 0 Å². The van der Waals surface area contributed by atoms with Gasteiger partial charge in [-0.3, -0.25) is 4.79 Å². The third-order valence-electron chi connectivity index (χ3n) is 3.17. The molecule has 0 saturated carbocycles. The van der Waals surface area contributed by atoms with Crippen molar-refractivity contribution in [1.82, 2.24) is 5.32 Å². The predicted molar refractivity (Wildman–Crippen MR) is 76.9 cm³/mol. The van der Waals surface area contributed by atoms with Crippen molar-refractivity contribution in [3.63, 3.8) is 0 Å². The Labute approximate surface area is 123 Å². The van der Waals surface area contributed by atoms with Crippen LogP contribution in [0, 0.1) is 0 Å². The van der Waals surface area contributed by atoms with Gasteiger partial charge in [-0.15, -0.1) is 11.6 Å². The van der Waals surface area contributed by atoms with Crippen LogP contribution in [0.4, 0.5) is 0 Å². The molecule has 110 valence electrons. The molecule has 1 amide bonds. The number of nitrogens with one attached hydrogen (secondary N) is 1. The summed E-state index contributed by atoms with van der Waals surface area (Å²) in [6.07, 6.45) is 0.129. The maximum Gasteiger partial charge on any atom is 0.224 e. The lowest BCUT2D eigenvalue weighted by atomic mass is 10.1. The monoisotopic (exact) mass is 317 g/mol. The fraction of sp³-hybridized carbons (Fsp3) is 0.462. The molecule has 1 heterocycles. The highest BCUT2D eigenvalue weighted by atomic mass is 35.5. The summed E-state index contributed by atoms with van der Waals surface area (Å²) in [5.41, 5.74) is 0.750. The lowest BCUT2D eigenvalue weighted by Crippen LogP contribution is -2.41. The normalized spacial score (nSPS) is 24.3. The van der Waals surface area contributed by atoms with Crippen molar-refractivity contribution in [2.75, 3.05) is 18.6 Å². The van der Waals surface area contributed by atoms with E-state index in [4.69, 9.17) is 16.3 Å². The van der Waals surface area contributed by atoms with Crippen molar-refractivity contribution in [1.29, 1.82) is 0 Å². The number of carbonyl (C=O) groups is 1. The van der Waals surface area contributed by atoms with E-state index in [1.165, 1.54) is 7.11 Å². The van der Waals surface area contributed by atoms with Gasteiger partial charge in [0.1, 0.15) is 5.75 Å². The molecule has 0 aliphatic carbocycles. The summed E-state index contributed by atoms with van der Waals surface area (Å²) in [5.74, 6) is 0.179. The standard InChI is InChI=1S/C13H16ClNO4S/c1-19-12-5-3-2-4-9(12)6-13(16)15-11-8-20(17,18)7-10(11)14/h2-5,10-11H,6-8H2,1H3,(H,15,16)/t10-,11+/m0/s1. The van der Waals surface area contributed by atoms with Crippen molar-refractivity contribution in [2.45, 2.75) is 17.8 Å². The second-order valence-electron chi connectivity index (χ2n) is 4.76. The van der Waals surface area contributed by atoms with E-state index < -0.39 is 21.3 Å². The molecule has 0 spiro atoms. The summed E-state index contributed by atoms with van der Waals surface area (Å²) in [7, 11) is -1.61. The number of carbonyl (C=O) groups excluding carboxylic acids is 1. The minimum absolute atomic E-state index is 0.0891. The molecule has 1 aromatic carbocycles. The van der Waals surface area contributed by atoms with Gasteiger partial charge in [0.15, 0.2) is 9.84 Å². The fourth-order valence-electron chi connectivity index (χ4n) is 2.22. The number of para-hydroxylation sites is 1. The summed E-state index contributed by atoms with van der Waals surface area (Å²) in [6, 6.07) is 6.67. The first-order valence-electron chi connectivity index (χ1n) is 6.17. The highest BCUT2D eigenvalue weighted by Crippen LogP contribution is 2.20. The number of hydrogen-bond donors (Lipinski definition) is 1. The average Bonchev–Trinajstić information content (AvgIpc) is 2.62. The van der Waals surface area contributed by atoms with Gasteiger partial charge in [0.05, 0.1) is 36.5 Å². The minimum atomic E-state index is -3.15. The summed E-state index contributed by atoms with van der Waals surface area (Å²) in [4.78, 5) is 12.0. The zero-order chi connectivity index (χ0) is 14.8. The highest BCUT2D eigenvalue weighted by molar-refractivity contribution is 7.91. The quantitative estimate of drug-likeness (QED) is 0.832. The van der Waals surface area contributed by atoms with Crippen LogP contribution >= 0.6 is 11.6 Å². The van der Waals surface area contributed by atoms with Gasteiger partial charge in [-0.2, -0.15) is 0 Å². The molecule has 1 aliphatic rings. The van der Waals surface area contributed by atoms with Crippen LogP contribution < -0.4 is 10.1 Å². The van der Waals surface area contributed by atoms with Crippen LogP contribution in [-0.2, 0) is 21.1 Å². The minimum Gasteiger partial charge on any atom is -0.496 e. The van der Waals surface area contributed by atoms with Gasteiger partial charge in [-0.25, -0.2) is 8.42 Å². The van der Waals surface area contributed by atoms with Crippen LogP contribution in [-0.4, -0.2) is 44.4 Å². The van der Waals surface area contributed by atoms with Gasteiger partial charge in [0, 0.05) is 5.56 Å². The van der Waals surface area contributed by atoms with E-state index in [2.05, 4.69) is 5.32 Å². The zero-order valence-electron chi connectivity index (χ0n) is 11.0. The summed E-state index contributed by atoms with van der Waals surface area (Å²) < 4.78 is 28.0. The molecular formula is C13H16ClNO4S. The Morgan fingerprint density at radius 1 is 1.40 bits per heavy atom. The number of methoxy groups -OCH3 is 1. The van der Waals surface area contributed by atoms with Crippen LogP contribution in [0.3, 0.4) is 0 Å². The van der Waals surface area contributed by atoms with Crippen molar-refractivity contribution in [3.05, 3.63) is 29.8 Å². The Morgan fingerprint density at radius 3 is 2.70 bits per heavy atom. The van der Waals surface area contributed by atoms with Gasteiger partial charge < -0.3 is 10.1 Å². The number of ether oxygens (including phenoxy) is 1. The van der Waals surface area contributed by atoms with Crippen LogP contribution in [0.15, 0.2) is 24.3 Å². The van der Waals surface area contributed by atoms with E-state index in [-0.39, 0.29) is 23.8 Å². The van der Waals surface area contributed by atoms with Crippen molar-refractivity contribution >= 4 is 27.3 Å². The number of sulfone groups is 1. The molecule has 1 saturated heterocycles. The molecule has 1 aromatic rings. The summed E-state index contributed by atoms with van der Waals surface area (Å²) in [5, 5.41) is 2.11. The lowest BCUT2D eigenvalue weighted by molar-refractivity contribution is -0.121. The van der Waals surface area contributed by atoms with E-state index in [1.807, 2.05) is 12.1 Å². The van der Waals surface area contributed by atoms with Gasteiger partial charge in [0.25, 0.3) is 0 Å². The molecule has 20 heavy (non-hydrogen) atoms. The lowest BCUT2D eigenvalue weighted by Gasteiger charge is -2.15. The van der Waals surface area contributed by atoms with E-state index in [0.717, 1.165) is 5.56 Å². The molecule has 1 N–H and O–H groups in total. The number of amides is 1. The Morgan fingerprint density at radius 2 is 2.10 bits per heavy atom. The van der Waals surface area contributed by atoms with Gasteiger partial charge in [-0.05, 0) is 6.07 Å². The van der Waals surface area contributed by atoms with Crippen molar-refractivity contribution in [2.24, 2.45) is 0 Å². The first kappa shape index (κ1) is 15.1. The molecular weight excluding hydrogens is 302 g/mol. The highest BCUT2D eigenvalue weighted by Gasteiger charge is 2.37. The number of benzene rings is 1. The molecule has 5 nitrogen and oxygen atoms in total. The van der Waals surface area contributed by atoms with Crippen molar-refractivity contribution in [3.8, 4) is 5.75 Å². The molecule has 7 heteroatoms. The van der Waals surface area contributed by atoms with E-state index in [9.17, 15) is 13.2 Å². The largest absolute Gasteiger partial charge is 0.496 e. The van der Waals surface area contributed by atoms with Crippen LogP contribution in [0.1, 0.15) is 5.56 Å². The maximum absolute atomic E-state index is 12.0. The van der Waals surface area contributed by atoms with Gasteiger partial charge in [0.2, 0.25) is 5.91 Å². The first-order valence-corrected chi connectivity index (χ1v) is 8.43. The fourth-order valence-corrected chi connectivity index (χ4v) is 4.77. The van der Waals surface area contributed by atoms with Crippen LogP contribution in [0.5, 0.6) is 5.75 Å². The molecule has 1 fully saturated rings. The summed E-state index contributed by atoms with van der Waals surface area (Å²) in [6.45, 7) is 0. The molecule has 1 aliphatic heterocycles. The second-order valence-corrected chi connectivity index (χ2v) is 7.47.